The van der Waals surface area contributed by atoms with E-state index in [0.29, 0.717) is 22.3 Å². The van der Waals surface area contributed by atoms with Gasteiger partial charge in [0.25, 0.3) is 5.91 Å². The van der Waals surface area contributed by atoms with Crippen LogP contribution in [-0.4, -0.2) is 34.0 Å². The summed E-state index contributed by atoms with van der Waals surface area (Å²) in [6, 6.07) is 21.5. The maximum absolute atomic E-state index is 13.3. The molecule has 202 valence electrons. The van der Waals surface area contributed by atoms with Gasteiger partial charge in [-0.05, 0) is 110 Å². The number of likely N-dealkylation sites (tertiary alicyclic amines) is 1. The molecule has 1 unspecified atom stereocenters. The third-order valence-electron chi connectivity index (χ3n) is 7.57. The molecular weight excluding hydrogens is 526 g/mol. The molecule has 1 amide bonds. The predicted molar refractivity (Wildman–Crippen MR) is 162 cm³/mol. The molecule has 0 radical (unpaired) electrons. The number of halogens is 1. The molecule has 0 spiro atoms. The Bertz CT molecular complexity index is 1440. The molecule has 1 aliphatic rings. The number of carbonyl (C=O) groups excluding carboxylic acids is 1. The molecule has 2 N–H and O–H groups in total. The first kappa shape index (κ1) is 27.4. The number of phenolic OH excluding ortho intramolecular Hbond substituents is 1. The molecule has 2 heterocycles. The number of benzene rings is 3. The summed E-state index contributed by atoms with van der Waals surface area (Å²) in [7, 11) is 0. The van der Waals surface area contributed by atoms with Crippen molar-refractivity contribution in [2.75, 3.05) is 17.8 Å². The Morgan fingerprint density at radius 3 is 2.74 bits per heavy atom. The molecule has 0 bridgehead atoms. The summed E-state index contributed by atoms with van der Waals surface area (Å²) < 4.78 is 3.39. The smallest absolute Gasteiger partial charge is 0.253 e. The second kappa shape index (κ2) is 12.8. The fourth-order valence-corrected chi connectivity index (χ4v) is 6.19. The van der Waals surface area contributed by atoms with E-state index in [0.717, 1.165) is 84.2 Å². The van der Waals surface area contributed by atoms with E-state index < -0.39 is 0 Å². The number of phenols is 1. The van der Waals surface area contributed by atoms with Gasteiger partial charge in [0.15, 0.2) is 0 Å². The van der Waals surface area contributed by atoms with Crippen LogP contribution in [0.4, 0.5) is 5.69 Å². The van der Waals surface area contributed by atoms with E-state index >= 15 is 0 Å². The lowest BCUT2D eigenvalue weighted by atomic mass is 9.89. The zero-order valence-electron chi connectivity index (χ0n) is 22.2. The second-order valence-corrected chi connectivity index (χ2v) is 11.6. The van der Waals surface area contributed by atoms with Gasteiger partial charge in [-0.3, -0.25) is 9.78 Å². The lowest BCUT2D eigenvalue weighted by Gasteiger charge is -2.29. The van der Waals surface area contributed by atoms with Crippen LogP contribution in [0.15, 0.2) is 77.8 Å². The minimum Gasteiger partial charge on any atom is -0.508 e. The van der Waals surface area contributed by atoms with Crippen LogP contribution in [-0.2, 0) is 6.42 Å². The number of fused-ring (bicyclic) bond motifs is 1. The number of nitrogens with one attached hydrogen (secondary N) is 1. The first-order valence-corrected chi connectivity index (χ1v) is 14.8. The number of carbonyl (C=O) groups is 1. The summed E-state index contributed by atoms with van der Waals surface area (Å²) in [6.07, 6.45) is 7.85. The summed E-state index contributed by atoms with van der Waals surface area (Å²) in [6.45, 7) is 3.46. The minimum absolute atomic E-state index is 0.0936. The normalized spacial score (nSPS) is 16.1. The molecule has 1 atom stereocenters. The number of pyridine rings is 1. The SMILES string of the molecule is Cc1cc(O)c(CCC2CCCCN(C(=O)c3ccc(NSc4cccc5cccnc45)cc3)CC2)cc1Cl. The van der Waals surface area contributed by atoms with Gasteiger partial charge >= 0.3 is 0 Å². The predicted octanol–water partition coefficient (Wildman–Crippen LogP) is 8.29. The van der Waals surface area contributed by atoms with E-state index in [4.69, 9.17) is 11.6 Å². The topological polar surface area (TPSA) is 65.5 Å². The van der Waals surface area contributed by atoms with E-state index in [1.54, 1.807) is 6.07 Å². The van der Waals surface area contributed by atoms with Crippen molar-refractivity contribution in [1.82, 2.24) is 9.88 Å². The fourth-order valence-electron chi connectivity index (χ4n) is 5.23. The van der Waals surface area contributed by atoms with Gasteiger partial charge in [0, 0.05) is 40.9 Å². The van der Waals surface area contributed by atoms with Gasteiger partial charge in [0.2, 0.25) is 0 Å². The number of para-hydroxylation sites is 1. The fraction of sp³-hybridized carbons (Fsp3) is 0.312. The molecule has 5 rings (SSSR count). The first-order chi connectivity index (χ1) is 19.0. The van der Waals surface area contributed by atoms with Crippen molar-refractivity contribution in [3.8, 4) is 5.75 Å². The third kappa shape index (κ3) is 6.87. The molecule has 1 aliphatic heterocycles. The van der Waals surface area contributed by atoms with Crippen LogP contribution in [0.5, 0.6) is 5.75 Å². The van der Waals surface area contributed by atoms with Crippen LogP contribution >= 0.6 is 23.5 Å². The standard InChI is InChI=1S/C32H34ClN3O2S/c1-22-20-29(37)26(21-28(22)33)11-10-23-6-2-3-18-36(19-16-23)32(38)25-12-14-27(15-13-25)35-39-30-9-4-7-24-8-5-17-34-31(24)30/h4-5,7-9,12-15,17,20-21,23,35,37H,2-3,6,10-11,16,18-19H2,1H3. The maximum atomic E-state index is 13.3. The average Bonchev–Trinajstić information content (AvgIpc) is 2.94. The lowest BCUT2D eigenvalue weighted by Crippen LogP contribution is -2.35. The number of anilines is 1. The molecule has 3 aromatic carbocycles. The maximum Gasteiger partial charge on any atom is 0.253 e. The number of aromatic hydroxyl groups is 1. The molecule has 0 aliphatic carbocycles. The molecule has 1 fully saturated rings. The van der Waals surface area contributed by atoms with Gasteiger partial charge in [-0.1, -0.05) is 42.6 Å². The number of amides is 1. The van der Waals surface area contributed by atoms with Crippen molar-refractivity contribution < 1.29 is 9.90 Å². The number of aromatic nitrogens is 1. The van der Waals surface area contributed by atoms with Gasteiger partial charge in [-0.15, -0.1) is 0 Å². The van der Waals surface area contributed by atoms with Gasteiger partial charge in [0.05, 0.1) is 10.4 Å². The zero-order chi connectivity index (χ0) is 27.2. The Morgan fingerprint density at radius 1 is 1.08 bits per heavy atom. The van der Waals surface area contributed by atoms with Crippen LogP contribution in [0.2, 0.25) is 5.02 Å². The Morgan fingerprint density at radius 2 is 1.90 bits per heavy atom. The Kier molecular flexibility index (Phi) is 8.95. The van der Waals surface area contributed by atoms with Crippen LogP contribution in [0.25, 0.3) is 10.9 Å². The van der Waals surface area contributed by atoms with Crippen molar-refractivity contribution in [2.24, 2.45) is 5.92 Å². The largest absolute Gasteiger partial charge is 0.508 e. The summed E-state index contributed by atoms with van der Waals surface area (Å²) in [5.74, 6) is 0.938. The molecule has 5 nitrogen and oxygen atoms in total. The highest BCUT2D eigenvalue weighted by atomic mass is 35.5. The van der Waals surface area contributed by atoms with Gasteiger partial charge in [0.1, 0.15) is 5.75 Å². The quantitative estimate of drug-likeness (QED) is 0.223. The van der Waals surface area contributed by atoms with Crippen LogP contribution in [0.3, 0.4) is 0 Å². The van der Waals surface area contributed by atoms with Crippen LogP contribution in [0, 0.1) is 12.8 Å². The molecule has 1 saturated heterocycles. The monoisotopic (exact) mass is 559 g/mol. The molecular formula is C32H34ClN3O2S. The highest BCUT2D eigenvalue weighted by Crippen LogP contribution is 2.30. The number of rotatable bonds is 7. The Hall–Kier alpha value is -3.22. The average molecular weight is 560 g/mol. The van der Waals surface area contributed by atoms with Crippen molar-refractivity contribution in [3.63, 3.8) is 0 Å². The third-order valence-corrected chi connectivity index (χ3v) is 8.87. The summed E-state index contributed by atoms with van der Waals surface area (Å²) in [4.78, 5) is 20.9. The second-order valence-electron chi connectivity index (χ2n) is 10.3. The summed E-state index contributed by atoms with van der Waals surface area (Å²) in [5.41, 5.74) is 4.43. The van der Waals surface area contributed by atoms with Crippen molar-refractivity contribution >= 4 is 46.0 Å². The lowest BCUT2D eigenvalue weighted by molar-refractivity contribution is 0.0728. The van der Waals surface area contributed by atoms with E-state index in [1.165, 1.54) is 11.9 Å². The molecule has 0 saturated carbocycles. The number of hydrogen-bond acceptors (Lipinski definition) is 5. The Balaban J connectivity index is 1.16. The zero-order valence-corrected chi connectivity index (χ0v) is 23.8. The summed E-state index contributed by atoms with van der Waals surface area (Å²) >= 11 is 7.81. The van der Waals surface area contributed by atoms with Gasteiger partial charge in [-0.2, -0.15) is 0 Å². The molecule has 4 aromatic rings. The van der Waals surface area contributed by atoms with Crippen molar-refractivity contribution in [3.05, 3.63) is 94.6 Å². The van der Waals surface area contributed by atoms with Crippen LogP contribution < -0.4 is 4.72 Å². The number of hydrogen-bond donors (Lipinski definition) is 2. The van der Waals surface area contributed by atoms with E-state index in [9.17, 15) is 9.90 Å². The van der Waals surface area contributed by atoms with E-state index in [2.05, 4.69) is 27.9 Å². The van der Waals surface area contributed by atoms with Gasteiger partial charge < -0.3 is 14.7 Å². The van der Waals surface area contributed by atoms with Gasteiger partial charge in [-0.25, -0.2) is 0 Å². The molecule has 7 heteroatoms. The highest BCUT2D eigenvalue weighted by molar-refractivity contribution is 8.00. The highest BCUT2D eigenvalue weighted by Gasteiger charge is 2.21. The van der Waals surface area contributed by atoms with E-state index in [1.807, 2.05) is 60.5 Å². The molecule has 39 heavy (non-hydrogen) atoms. The summed E-state index contributed by atoms with van der Waals surface area (Å²) in [5, 5.41) is 12.1. The van der Waals surface area contributed by atoms with Crippen molar-refractivity contribution in [2.45, 2.75) is 50.3 Å². The van der Waals surface area contributed by atoms with E-state index in [-0.39, 0.29) is 5.91 Å². The number of aryl methyl sites for hydroxylation is 2. The van der Waals surface area contributed by atoms with Crippen LogP contribution in [0.1, 0.15) is 53.6 Å². The first-order valence-electron chi connectivity index (χ1n) is 13.6. The Labute approximate surface area is 239 Å². The van der Waals surface area contributed by atoms with Crippen molar-refractivity contribution in [1.29, 1.82) is 0 Å². The number of nitrogens with zero attached hydrogens (tertiary/aromatic N) is 2. The minimum atomic E-state index is 0.0936. The molecule has 1 aromatic heterocycles.